The fourth-order valence-electron chi connectivity index (χ4n) is 1.37. The number of aromatic nitrogens is 2. The lowest BCUT2D eigenvalue weighted by Crippen LogP contribution is -2.36. The summed E-state index contributed by atoms with van der Waals surface area (Å²) in [6, 6.07) is 5.03. The predicted octanol–water partition coefficient (Wildman–Crippen LogP) is 2.69. The SMILES string of the molecule is C=C(NNC(=O)c1cnccn1)c1ccc(Cl)c(Cl)c1. The van der Waals surface area contributed by atoms with E-state index in [1.54, 1.807) is 18.2 Å². The Morgan fingerprint density at radius 1 is 1.15 bits per heavy atom. The van der Waals surface area contributed by atoms with Gasteiger partial charge < -0.3 is 0 Å². The minimum absolute atomic E-state index is 0.196. The fraction of sp³-hybridized carbons (Fsp3) is 0. The molecule has 1 amide bonds. The van der Waals surface area contributed by atoms with E-state index in [0.717, 1.165) is 0 Å². The van der Waals surface area contributed by atoms with Gasteiger partial charge >= 0.3 is 0 Å². The summed E-state index contributed by atoms with van der Waals surface area (Å²) in [6.45, 7) is 3.80. The third-order valence-electron chi connectivity index (χ3n) is 2.39. The molecule has 20 heavy (non-hydrogen) atoms. The molecule has 2 aromatic rings. The van der Waals surface area contributed by atoms with Crippen LogP contribution in [0.1, 0.15) is 16.1 Å². The van der Waals surface area contributed by atoms with E-state index in [2.05, 4.69) is 27.4 Å². The lowest BCUT2D eigenvalue weighted by molar-refractivity contribution is 0.0937. The van der Waals surface area contributed by atoms with Gasteiger partial charge in [0, 0.05) is 18.0 Å². The fourth-order valence-corrected chi connectivity index (χ4v) is 1.67. The average molecular weight is 309 g/mol. The van der Waals surface area contributed by atoms with E-state index in [-0.39, 0.29) is 5.69 Å². The smallest absolute Gasteiger partial charge is 0.289 e. The number of halogens is 2. The molecule has 0 saturated carbocycles. The summed E-state index contributed by atoms with van der Waals surface area (Å²) in [5.41, 5.74) is 6.52. The van der Waals surface area contributed by atoms with Crippen molar-refractivity contribution in [2.45, 2.75) is 0 Å². The summed E-state index contributed by atoms with van der Waals surface area (Å²) < 4.78 is 0. The van der Waals surface area contributed by atoms with Crippen LogP contribution in [0, 0.1) is 0 Å². The van der Waals surface area contributed by atoms with Crippen molar-refractivity contribution in [1.82, 2.24) is 20.8 Å². The summed E-state index contributed by atoms with van der Waals surface area (Å²) in [7, 11) is 0. The number of hydrogen-bond acceptors (Lipinski definition) is 4. The molecule has 0 atom stereocenters. The molecule has 2 N–H and O–H groups in total. The molecule has 7 heteroatoms. The zero-order valence-corrected chi connectivity index (χ0v) is 11.7. The first-order valence-corrected chi connectivity index (χ1v) is 6.30. The van der Waals surface area contributed by atoms with Gasteiger partial charge in [-0.05, 0) is 12.1 Å². The molecule has 0 radical (unpaired) electrons. The molecule has 0 aliphatic carbocycles. The van der Waals surface area contributed by atoms with E-state index in [1.165, 1.54) is 18.6 Å². The van der Waals surface area contributed by atoms with Crippen LogP contribution in [-0.2, 0) is 0 Å². The average Bonchev–Trinajstić information content (AvgIpc) is 2.48. The van der Waals surface area contributed by atoms with Crippen molar-refractivity contribution in [2.75, 3.05) is 0 Å². The van der Waals surface area contributed by atoms with Crippen molar-refractivity contribution in [3.63, 3.8) is 0 Å². The van der Waals surface area contributed by atoms with Crippen molar-refractivity contribution in [3.8, 4) is 0 Å². The monoisotopic (exact) mass is 308 g/mol. The summed E-state index contributed by atoms with van der Waals surface area (Å²) in [5.74, 6) is -0.417. The minimum Gasteiger partial charge on any atom is -0.298 e. The van der Waals surface area contributed by atoms with Gasteiger partial charge in [-0.2, -0.15) is 0 Å². The molecule has 0 aliphatic heterocycles. The van der Waals surface area contributed by atoms with Crippen LogP contribution < -0.4 is 10.9 Å². The predicted molar refractivity (Wildman–Crippen MR) is 78.1 cm³/mol. The van der Waals surface area contributed by atoms with Crippen LogP contribution in [-0.4, -0.2) is 15.9 Å². The Morgan fingerprint density at radius 3 is 2.60 bits per heavy atom. The Balaban J connectivity index is 1.98. The molecule has 0 fully saturated rings. The third kappa shape index (κ3) is 3.46. The number of hydrazine groups is 1. The van der Waals surface area contributed by atoms with E-state index in [9.17, 15) is 4.79 Å². The first-order valence-electron chi connectivity index (χ1n) is 5.54. The third-order valence-corrected chi connectivity index (χ3v) is 3.13. The Hall–Kier alpha value is -2.11. The van der Waals surface area contributed by atoms with Crippen LogP contribution in [0.3, 0.4) is 0 Å². The molecule has 0 bridgehead atoms. The molecule has 0 aliphatic rings. The molecule has 1 aromatic heterocycles. The van der Waals surface area contributed by atoms with E-state index in [1.807, 2.05) is 0 Å². The van der Waals surface area contributed by atoms with Gasteiger partial charge in [-0.25, -0.2) is 4.98 Å². The first-order chi connectivity index (χ1) is 9.58. The van der Waals surface area contributed by atoms with E-state index in [4.69, 9.17) is 23.2 Å². The van der Waals surface area contributed by atoms with Gasteiger partial charge in [0.25, 0.3) is 5.91 Å². The second-order valence-electron chi connectivity index (χ2n) is 3.78. The van der Waals surface area contributed by atoms with Gasteiger partial charge in [0.1, 0.15) is 5.69 Å². The summed E-state index contributed by atoms with van der Waals surface area (Å²) in [4.78, 5) is 19.4. The Kier molecular flexibility index (Phi) is 4.55. The standard InChI is InChI=1S/C13H10Cl2N4O/c1-8(9-2-3-10(14)11(15)6-9)18-19-13(20)12-7-16-4-5-17-12/h2-7,18H,1H2,(H,19,20). The number of amides is 1. The Bertz CT molecular complexity index is 646. The maximum Gasteiger partial charge on any atom is 0.289 e. The van der Waals surface area contributed by atoms with Crippen LogP contribution in [0.5, 0.6) is 0 Å². The number of hydrogen-bond donors (Lipinski definition) is 2. The highest BCUT2D eigenvalue weighted by molar-refractivity contribution is 6.42. The van der Waals surface area contributed by atoms with Crippen molar-refractivity contribution in [1.29, 1.82) is 0 Å². The van der Waals surface area contributed by atoms with Gasteiger partial charge in [-0.3, -0.25) is 20.6 Å². The molecular weight excluding hydrogens is 299 g/mol. The zero-order chi connectivity index (χ0) is 14.5. The maximum absolute atomic E-state index is 11.7. The first kappa shape index (κ1) is 14.3. The minimum atomic E-state index is -0.417. The van der Waals surface area contributed by atoms with Crippen molar-refractivity contribution in [2.24, 2.45) is 0 Å². The number of nitrogens with zero attached hydrogens (tertiary/aromatic N) is 2. The molecule has 5 nitrogen and oxygen atoms in total. The van der Waals surface area contributed by atoms with Crippen molar-refractivity contribution >= 4 is 34.8 Å². The second kappa shape index (κ2) is 6.36. The van der Waals surface area contributed by atoms with Crippen LogP contribution >= 0.6 is 23.2 Å². The van der Waals surface area contributed by atoms with Gasteiger partial charge in [0.2, 0.25) is 0 Å². The Morgan fingerprint density at radius 2 is 1.95 bits per heavy atom. The quantitative estimate of drug-likeness (QED) is 0.852. The Labute approximate surface area is 125 Å². The van der Waals surface area contributed by atoms with Gasteiger partial charge in [0.15, 0.2) is 0 Å². The highest BCUT2D eigenvalue weighted by Crippen LogP contribution is 2.24. The molecular formula is C13H10Cl2N4O. The van der Waals surface area contributed by atoms with Gasteiger partial charge in [0.05, 0.1) is 21.9 Å². The van der Waals surface area contributed by atoms with Crippen LogP contribution in [0.4, 0.5) is 0 Å². The van der Waals surface area contributed by atoms with E-state index in [0.29, 0.717) is 21.3 Å². The second-order valence-corrected chi connectivity index (χ2v) is 4.59. The number of carbonyl (C=O) groups excluding carboxylic acids is 1. The largest absolute Gasteiger partial charge is 0.298 e. The molecule has 0 saturated heterocycles. The normalized spacial score (nSPS) is 9.90. The molecule has 102 valence electrons. The highest BCUT2D eigenvalue weighted by atomic mass is 35.5. The van der Waals surface area contributed by atoms with Gasteiger partial charge in [-0.15, -0.1) is 0 Å². The maximum atomic E-state index is 11.7. The molecule has 1 aromatic carbocycles. The number of nitrogens with one attached hydrogen (secondary N) is 2. The molecule has 0 unspecified atom stereocenters. The lowest BCUT2D eigenvalue weighted by atomic mass is 10.2. The number of benzene rings is 1. The summed E-state index contributed by atoms with van der Waals surface area (Å²) in [5, 5.41) is 0.860. The zero-order valence-electron chi connectivity index (χ0n) is 10.2. The molecule has 0 spiro atoms. The lowest BCUT2D eigenvalue weighted by Gasteiger charge is -2.11. The van der Waals surface area contributed by atoms with Gasteiger partial charge in [-0.1, -0.05) is 35.8 Å². The summed E-state index contributed by atoms with van der Waals surface area (Å²) in [6.07, 6.45) is 4.28. The van der Waals surface area contributed by atoms with Crippen molar-refractivity contribution < 1.29 is 4.79 Å². The molecule has 2 rings (SSSR count). The van der Waals surface area contributed by atoms with Crippen LogP contribution in [0.15, 0.2) is 43.4 Å². The van der Waals surface area contributed by atoms with Crippen LogP contribution in [0.2, 0.25) is 10.0 Å². The number of carbonyl (C=O) groups is 1. The molecule has 1 heterocycles. The van der Waals surface area contributed by atoms with Crippen molar-refractivity contribution in [3.05, 3.63) is 64.7 Å². The topological polar surface area (TPSA) is 66.9 Å². The van der Waals surface area contributed by atoms with Crippen LogP contribution in [0.25, 0.3) is 5.70 Å². The van der Waals surface area contributed by atoms with E-state index >= 15 is 0 Å². The summed E-state index contributed by atoms with van der Waals surface area (Å²) >= 11 is 11.7. The number of rotatable bonds is 4. The highest BCUT2D eigenvalue weighted by Gasteiger charge is 2.07. The van der Waals surface area contributed by atoms with E-state index < -0.39 is 5.91 Å².